The highest BCUT2D eigenvalue weighted by molar-refractivity contribution is 7.15. The number of hydrogen-bond acceptors (Lipinski definition) is 5. The maximum absolute atomic E-state index is 11.9. The van der Waals surface area contributed by atoms with Crippen LogP contribution in [0.5, 0.6) is 0 Å². The van der Waals surface area contributed by atoms with Crippen molar-refractivity contribution in [3.05, 3.63) is 27.7 Å². The van der Waals surface area contributed by atoms with Gasteiger partial charge in [0.05, 0.1) is 11.2 Å². The monoisotopic (exact) mass is 267 g/mol. The van der Waals surface area contributed by atoms with Crippen molar-refractivity contribution in [2.45, 2.75) is 26.2 Å². The second kappa shape index (κ2) is 4.54. The van der Waals surface area contributed by atoms with Gasteiger partial charge in [-0.05, 0) is 0 Å². The van der Waals surface area contributed by atoms with Crippen molar-refractivity contribution in [1.29, 1.82) is 0 Å². The Kier molecular flexibility index (Phi) is 3.26. The van der Waals surface area contributed by atoms with E-state index in [0.717, 1.165) is 5.01 Å². The molecule has 0 radical (unpaired) electrons. The Morgan fingerprint density at radius 1 is 1.35 bits per heavy atom. The van der Waals surface area contributed by atoms with E-state index in [1.165, 1.54) is 22.7 Å². The van der Waals surface area contributed by atoms with Gasteiger partial charge >= 0.3 is 0 Å². The molecule has 2 rings (SSSR count). The molecule has 17 heavy (non-hydrogen) atoms. The number of aromatic nitrogens is 2. The third-order valence-corrected chi connectivity index (χ3v) is 4.13. The van der Waals surface area contributed by atoms with Gasteiger partial charge in [-0.1, -0.05) is 20.8 Å². The van der Waals surface area contributed by atoms with Gasteiger partial charge in [0.2, 0.25) is 0 Å². The lowest BCUT2D eigenvalue weighted by Crippen LogP contribution is -2.10. The quantitative estimate of drug-likeness (QED) is 0.909. The molecule has 4 nitrogen and oxygen atoms in total. The first-order valence-electron chi connectivity index (χ1n) is 5.14. The van der Waals surface area contributed by atoms with E-state index in [1.807, 2.05) is 5.38 Å². The van der Waals surface area contributed by atoms with Gasteiger partial charge in [0, 0.05) is 17.0 Å². The number of hydrogen-bond donors (Lipinski definition) is 1. The molecule has 0 unspecified atom stereocenters. The summed E-state index contributed by atoms with van der Waals surface area (Å²) in [4.78, 5) is 20.8. The first-order chi connectivity index (χ1) is 7.97. The van der Waals surface area contributed by atoms with Crippen LogP contribution in [0, 0.1) is 0 Å². The maximum atomic E-state index is 11.9. The molecule has 6 heteroatoms. The Morgan fingerprint density at radius 2 is 2.12 bits per heavy atom. The summed E-state index contributed by atoms with van der Waals surface area (Å²) in [6, 6.07) is 0. The largest absolute Gasteiger partial charge is 0.297 e. The van der Waals surface area contributed by atoms with Crippen LogP contribution in [0.25, 0.3) is 0 Å². The molecule has 0 aliphatic carbocycles. The van der Waals surface area contributed by atoms with Crippen LogP contribution >= 0.6 is 22.7 Å². The normalized spacial score (nSPS) is 11.5. The molecular weight excluding hydrogens is 254 g/mol. The van der Waals surface area contributed by atoms with E-state index in [-0.39, 0.29) is 11.3 Å². The zero-order valence-corrected chi connectivity index (χ0v) is 11.5. The molecule has 2 aromatic heterocycles. The van der Waals surface area contributed by atoms with E-state index < -0.39 is 0 Å². The molecule has 1 amide bonds. The highest BCUT2D eigenvalue weighted by Gasteiger charge is 2.20. The molecule has 1 N–H and O–H groups in total. The molecule has 2 heterocycles. The average Bonchev–Trinajstić information content (AvgIpc) is 2.85. The number of rotatable bonds is 2. The number of nitrogens with zero attached hydrogens (tertiary/aromatic N) is 2. The predicted molar refractivity (Wildman–Crippen MR) is 70.9 cm³/mol. The van der Waals surface area contributed by atoms with Crippen LogP contribution in [0.15, 0.2) is 17.8 Å². The SMILES string of the molecule is CC(C)(C)c1ncc(C(=O)Nc2nccs2)s1. The minimum atomic E-state index is -0.145. The third-order valence-electron chi connectivity index (χ3n) is 2.02. The number of anilines is 1. The molecule has 0 aliphatic rings. The first-order valence-corrected chi connectivity index (χ1v) is 6.83. The Hall–Kier alpha value is -1.27. The summed E-state index contributed by atoms with van der Waals surface area (Å²) >= 11 is 2.82. The highest BCUT2D eigenvalue weighted by atomic mass is 32.1. The minimum Gasteiger partial charge on any atom is -0.297 e. The molecule has 90 valence electrons. The van der Waals surface area contributed by atoms with Crippen molar-refractivity contribution in [3.63, 3.8) is 0 Å². The fourth-order valence-corrected chi connectivity index (χ4v) is 2.56. The standard InChI is InChI=1S/C11H13N3OS2/c1-11(2,3)9-13-6-7(17-9)8(15)14-10-12-4-5-16-10/h4-6H,1-3H3,(H,12,14,15). The molecule has 0 atom stereocenters. The van der Waals surface area contributed by atoms with Gasteiger partial charge in [0.1, 0.15) is 4.88 Å². The second-order valence-electron chi connectivity index (χ2n) is 4.57. The van der Waals surface area contributed by atoms with Gasteiger partial charge in [0.25, 0.3) is 5.91 Å². The number of amides is 1. The fraction of sp³-hybridized carbons (Fsp3) is 0.364. The summed E-state index contributed by atoms with van der Waals surface area (Å²) < 4.78 is 0. The van der Waals surface area contributed by atoms with E-state index in [2.05, 4.69) is 36.1 Å². The summed E-state index contributed by atoms with van der Waals surface area (Å²) in [6.45, 7) is 6.23. The molecule has 0 fully saturated rings. The van der Waals surface area contributed by atoms with Crippen molar-refractivity contribution in [3.8, 4) is 0 Å². The number of thiazole rings is 2. The van der Waals surface area contributed by atoms with Crippen LogP contribution in [0.1, 0.15) is 35.5 Å². The summed E-state index contributed by atoms with van der Waals surface area (Å²) in [7, 11) is 0. The molecule has 2 aromatic rings. The molecule has 0 aromatic carbocycles. The molecule has 0 bridgehead atoms. The second-order valence-corrected chi connectivity index (χ2v) is 6.50. The van der Waals surface area contributed by atoms with Gasteiger partial charge in [-0.15, -0.1) is 22.7 Å². The van der Waals surface area contributed by atoms with Crippen LogP contribution in [0.4, 0.5) is 5.13 Å². The van der Waals surface area contributed by atoms with E-state index in [1.54, 1.807) is 12.4 Å². The first kappa shape index (κ1) is 12.2. The lowest BCUT2D eigenvalue weighted by molar-refractivity contribution is 0.103. The maximum Gasteiger partial charge on any atom is 0.269 e. The van der Waals surface area contributed by atoms with Crippen LogP contribution in [0.3, 0.4) is 0 Å². The van der Waals surface area contributed by atoms with Gasteiger partial charge in [0.15, 0.2) is 5.13 Å². The predicted octanol–water partition coefficient (Wildman–Crippen LogP) is 3.15. The van der Waals surface area contributed by atoms with Crippen LogP contribution in [0.2, 0.25) is 0 Å². The van der Waals surface area contributed by atoms with E-state index in [9.17, 15) is 4.79 Å². The summed E-state index contributed by atoms with van der Waals surface area (Å²) in [5.41, 5.74) is -0.0234. The minimum absolute atomic E-state index is 0.0234. The summed E-state index contributed by atoms with van der Waals surface area (Å²) in [6.07, 6.45) is 3.28. The van der Waals surface area contributed by atoms with Crippen molar-refractivity contribution in [2.24, 2.45) is 0 Å². The summed E-state index contributed by atoms with van der Waals surface area (Å²) in [5.74, 6) is -0.145. The Balaban J connectivity index is 2.13. The van der Waals surface area contributed by atoms with Crippen molar-refractivity contribution >= 4 is 33.7 Å². The van der Waals surface area contributed by atoms with Gasteiger partial charge in [-0.3, -0.25) is 10.1 Å². The average molecular weight is 267 g/mol. The van der Waals surface area contributed by atoms with Crippen molar-refractivity contribution < 1.29 is 4.79 Å². The van der Waals surface area contributed by atoms with Gasteiger partial charge in [-0.25, -0.2) is 9.97 Å². The lowest BCUT2D eigenvalue weighted by atomic mass is 9.98. The van der Waals surface area contributed by atoms with E-state index >= 15 is 0 Å². The molecule has 0 aliphatic heterocycles. The van der Waals surface area contributed by atoms with Crippen LogP contribution < -0.4 is 5.32 Å². The Labute approximate surface area is 108 Å². The van der Waals surface area contributed by atoms with Crippen LogP contribution in [-0.2, 0) is 5.41 Å². The van der Waals surface area contributed by atoms with E-state index in [0.29, 0.717) is 10.0 Å². The third kappa shape index (κ3) is 2.89. The zero-order chi connectivity index (χ0) is 12.5. The van der Waals surface area contributed by atoms with Crippen molar-refractivity contribution in [1.82, 2.24) is 9.97 Å². The Morgan fingerprint density at radius 3 is 2.65 bits per heavy atom. The molecule has 0 saturated carbocycles. The number of carbonyl (C=O) groups excluding carboxylic acids is 1. The molecule has 0 spiro atoms. The Bertz CT molecular complexity index is 511. The fourth-order valence-electron chi connectivity index (χ4n) is 1.17. The number of carbonyl (C=O) groups is 1. The zero-order valence-electron chi connectivity index (χ0n) is 9.85. The highest BCUT2D eigenvalue weighted by Crippen LogP contribution is 2.27. The smallest absolute Gasteiger partial charge is 0.269 e. The van der Waals surface area contributed by atoms with Gasteiger partial charge in [-0.2, -0.15) is 0 Å². The van der Waals surface area contributed by atoms with Gasteiger partial charge < -0.3 is 0 Å². The topological polar surface area (TPSA) is 54.9 Å². The van der Waals surface area contributed by atoms with Crippen molar-refractivity contribution in [2.75, 3.05) is 5.32 Å². The van der Waals surface area contributed by atoms with Crippen LogP contribution in [-0.4, -0.2) is 15.9 Å². The molecule has 0 saturated heterocycles. The lowest BCUT2D eigenvalue weighted by Gasteiger charge is -2.13. The van der Waals surface area contributed by atoms with E-state index in [4.69, 9.17) is 0 Å². The molecular formula is C11H13N3OS2. The summed E-state index contributed by atoms with van der Waals surface area (Å²) in [5, 5.41) is 6.14. The number of nitrogens with one attached hydrogen (secondary N) is 1.